The average molecular weight is 408 g/mol. The van der Waals surface area contributed by atoms with E-state index in [0.717, 1.165) is 35.2 Å². The molecule has 1 aliphatic rings. The molecule has 2 aromatic heterocycles. The summed E-state index contributed by atoms with van der Waals surface area (Å²) in [4.78, 5) is 12.2. The van der Waals surface area contributed by atoms with Crippen LogP contribution in [0.15, 0.2) is 42.7 Å². The number of ether oxygens (including phenoxy) is 1. The van der Waals surface area contributed by atoms with Gasteiger partial charge in [-0.15, -0.1) is 0 Å². The van der Waals surface area contributed by atoms with Crippen LogP contribution in [0.4, 0.5) is 5.69 Å². The van der Waals surface area contributed by atoms with Crippen molar-refractivity contribution in [3.8, 4) is 16.9 Å². The minimum Gasteiger partial charge on any atom is -0.496 e. The number of anilines is 1. The molecular formula is C23H29N5O2. The zero-order valence-electron chi connectivity index (χ0n) is 17.9. The first kappa shape index (κ1) is 20.2. The van der Waals surface area contributed by atoms with Crippen molar-refractivity contribution in [2.75, 3.05) is 12.4 Å². The number of carbonyl (C=O) groups is 1. The molecule has 0 aliphatic heterocycles. The molecule has 2 heterocycles. The lowest BCUT2D eigenvalue weighted by Crippen LogP contribution is -2.51. The van der Waals surface area contributed by atoms with Crippen LogP contribution in [0.2, 0.25) is 0 Å². The second-order valence-corrected chi connectivity index (χ2v) is 8.93. The number of benzene rings is 1. The predicted octanol–water partition coefficient (Wildman–Crippen LogP) is 3.43. The van der Waals surface area contributed by atoms with Crippen LogP contribution in [0, 0.1) is 5.41 Å². The number of aromatic nitrogens is 2. The van der Waals surface area contributed by atoms with Gasteiger partial charge in [-0.3, -0.25) is 4.79 Å². The number of methoxy groups -OCH3 is 1. The highest BCUT2D eigenvalue weighted by atomic mass is 16.5. The summed E-state index contributed by atoms with van der Waals surface area (Å²) in [5.74, 6) is 0.257. The van der Waals surface area contributed by atoms with Crippen LogP contribution in [0.5, 0.6) is 5.75 Å². The van der Waals surface area contributed by atoms with Crippen molar-refractivity contribution in [2.24, 2.45) is 16.9 Å². The van der Waals surface area contributed by atoms with E-state index in [1.165, 1.54) is 6.20 Å². The van der Waals surface area contributed by atoms with Crippen LogP contribution < -0.4 is 21.5 Å². The lowest BCUT2D eigenvalue weighted by molar-refractivity contribution is 0.100. The maximum atomic E-state index is 12.2. The molecule has 4 rings (SSSR count). The van der Waals surface area contributed by atoms with E-state index in [-0.39, 0.29) is 17.0 Å². The molecule has 7 heteroatoms. The van der Waals surface area contributed by atoms with Crippen LogP contribution in [-0.2, 0) is 0 Å². The van der Waals surface area contributed by atoms with E-state index >= 15 is 0 Å². The highest BCUT2D eigenvalue weighted by Gasteiger charge is 2.49. The Morgan fingerprint density at radius 1 is 1.30 bits per heavy atom. The average Bonchev–Trinajstić information content (AvgIpc) is 3.22. The number of hydrogen-bond donors (Lipinski definition) is 3. The molecule has 5 N–H and O–H groups in total. The van der Waals surface area contributed by atoms with Gasteiger partial charge in [-0.05, 0) is 31.9 Å². The van der Waals surface area contributed by atoms with Gasteiger partial charge in [0.05, 0.1) is 30.1 Å². The Morgan fingerprint density at radius 2 is 2.03 bits per heavy atom. The highest BCUT2D eigenvalue weighted by molar-refractivity contribution is 6.02. The SMILES string of the molecule is COc1ccccc1-c1cc2c(N[C@@H]3CC[C@](C)(N)C3(C)C)c(C(N)=O)cnn2c1. The standard InChI is InChI=1S/C23H29N5O2/c1-22(2)19(9-10-23(22,3)25)27-20-16(21(24)29)12-26-28-13-14(11-17(20)28)15-7-5-6-8-18(15)30-4/h5-8,11-13,19,27H,9-10,25H2,1-4H3,(H2,24,29)/t19-,23+/m1/s1. The Balaban J connectivity index is 1.84. The Bertz CT molecular complexity index is 1120. The van der Waals surface area contributed by atoms with Crippen LogP contribution in [0.1, 0.15) is 44.0 Å². The van der Waals surface area contributed by atoms with Gasteiger partial charge >= 0.3 is 0 Å². The van der Waals surface area contributed by atoms with Crippen LogP contribution in [0.25, 0.3) is 16.6 Å². The smallest absolute Gasteiger partial charge is 0.252 e. The molecule has 2 atom stereocenters. The fourth-order valence-corrected chi connectivity index (χ4v) is 4.38. The molecule has 1 aliphatic carbocycles. The summed E-state index contributed by atoms with van der Waals surface area (Å²) < 4.78 is 7.28. The lowest BCUT2D eigenvalue weighted by Gasteiger charge is -2.39. The Kier molecular flexibility index (Phi) is 4.73. The maximum Gasteiger partial charge on any atom is 0.252 e. The highest BCUT2D eigenvalue weighted by Crippen LogP contribution is 2.46. The fraction of sp³-hybridized carbons (Fsp3) is 0.391. The Morgan fingerprint density at radius 3 is 2.67 bits per heavy atom. The van der Waals surface area contributed by atoms with Gasteiger partial charge in [0.25, 0.3) is 5.91 Å². The number of nitrogens with one attached hydrogen (secondary N) is 1. The summed E-state index contributed by atoms with van der Waals surface area (Å²) in [6.45, 7) is 6.42. The number of primary amides is 1. The molecule has 0 bridgehead atoms. The van der Waals surface area contributed by atoms with Crippen LogP contribution in [-0.4, -0.2) is 34.2 Å². The number of para-hydroxylation sites is 1. The van der Waals surface area contributed by atoms with E-state index in [4.69, 9.17) is 16.2 Å². The van der Waals surface area contributed by atoms with Crippen LogP contribution >= 0.6 is 0 Å². The fourth-order valence-electron chi connectivity index (χ4n) is 4.38. The zero-order valence-corrected chi connectivity index (χ0v) is 17.9. The van der Waals surface area contributed by atoms with Gasteiger partial charge in [0, 0.05) is 34.3 Å². The summed E-state index contributed by atoms with van der Waals surface area (Å²) in [7, 11) is 1.65. The van der Waals surface area contributed by atoms with E-state index in [1.54, 1.807) is 11.6 Å². The van der Waals surface area contributed by atoms with E-state index in [1.807, 2.05) is 36.5 Å². The third-order valence-electron chi connectivity index (χ3n) is 6.93. The number of hydrogen-bond acceptors (Lipinski definition) is 5. The van der Waals surface area contributed by atoms with Crippen molar-refractivity contribution in [3.05, 3.63) is 48.3 Å². The largest absolute Gasteiger partial charge is 0.496 e. The van der Waals surface area contributed by atoms with Crippen molar-refractivity contribution in [3.63, 3.8) is 0 Å². The van der Waals surface area contributed by atoms with Gasteiger partial charge < -0.3 is 21.5 Å². The van der Waals surface area contributed by atoms with Gasteiger partial charge in [-0.2, -0.15) is 5.10 Å². The summed E-state index contributed by atoms with van der Waals surface area (Å²) in [5, 5.41) is 8.01. The number of amides is 1. The van der Waals surface area contributed by atoms with Gasteiger partial charge in [-0.1, -0.05) is 32.0 Å². The van der Waals surface area contributed by atoms with Gasteiger partial charge in [0.2, 0.25) is 0 Å². The van der Waals surface area contributed by atoms with E-state index < -0.39 is 5.91 Å². The maximum absolute atomic E-state index is 12.2. The first-order chi connectivity index (χ1) is 14.2. The van der Waals surface area contributed by atoms with Gasteiger partial charge in [0.15, 0.2) is 0 Å². The number of nitrogens with zero attached hydrogens (tertiary/aromatic N) is 2. The van der Waals surface area contributed by atoms with Gasteiger partial charge in [-0.25, -0.2) is 4.52 Å². The molecule has 0 saturated heterocycles. The summed E-state index contributed by atoms with van der Waals surface area (Å²) in [5.41, 5.74) is 15.5. The number of nitrogens with two attached hydrogens (primary N) is 2. The normalized spacial score (nSPS) is 22.9. The Hall–Kier alpha value is -3.06. The lowest BCUT2D eigenvalue weighted by atomic mass is 9.75. The minimum absolute atomic E-state index is 0.0985. The summed E-state index contributed by atoms with van der Waals surface area (Å²) in [6, 6.07) is 9.91. The topological polar surface area (TPSA) is 108 Å². The number of rotatable bonds is 5. The van der Waals surface area contributed by atoms with Crippen molar-refractivity contribution in [2.45, 2.75) is 45.2 Å². The molecule has 0 unspecified atom stereocenters. The molecule has 158 valence electrons. The molecule has 0 spiro atoms. The molecule has 7 nitrogen and oxygen atoms in total. The number of fused-ring (bicyclic) bond motifs is 1. The first-order valence-corrected chi connectivity index (χ1v) is 10.2. The summed E-state index contributed by atoms with van der Waals surface area (Å²) in [6.07, 6.45) is 5.26. The van der Waals surface area contributed by atoms with Gasteiger partial charge in [0.1, 0.15) is 5.75 Å². The second-order valence-electron chi connectivity index (χ2n) is 8.93. The molecule has 30 heavy (non-hydrogen) atoms. The van der Waals surface area contributed by atoms with Crippen molar-refractivity contribution in [1.29, 1.82) is 0 Å². The molecule has 1 amide bonds. The predicted molar refractivity (Wildman–Crippen MR) is 119 cm³/mol. The molecule has 0 radical (unpaired) electrons. The molecular weight excluding hydrogens is 378 g/mol. The molecule has 1 saturated carbocycles. The van der Waals surface area contributed by atoms with E-state index in [0.29, 0.717) is 11.3 Å². The second kappa shape index (κ2) is 7.02. The summed E-state index contributed by atoms with van der Waals surface area (Å²) >= 11 is 0. The van der Waals surface area contributed by atoms with Crippen molar-refractivity contribution >= 4 is 17.1 Å². The molecule has 1 aromatic carbocycles. The third kappa shape index (κ3) is 3.10. The monoisotopic (exact) mass is 407 g/mol. The minimum atomic E-state index is -0.515. The van der Waals surface area contributed by atoms with E-state index in [2.05, 4.69) is 31.2 Å². The zero-order chi connectivity index (χ0) is 21.7. The third-order valence-corrected chi connectivity index (χ3v) is 6.93. The Labute approximate surface area is 176 Å². The van der Waals surface area contributed by atoms with E-state index in [9.17, 15) is 4.79 Å². The molecule has 1 fully saturated rings. The van der Waals surface area contributed by atoms with Crippen molar-refractivity contribution < 1.29 is 9.53 Å². The molecule has 3 aromatic rings. The van der Waals surface area contributed by atoms with Crippen molar-refractivity contribution in [1.82, 2.24) is 9.61 Å². The van der Waals surface area contributed by atoms with Crippen LogP contribution in [0.3, 0.4) is 0 Å². The number of carbonyl (C=O) groups excluding carboxylic acids is 1. The first-order valence-electron chi connectivity index (χ1n) is 10.2. The quantitative estimate of drug-likeness (QED) is 0.601.